The predicted octanol–water partition coefficient (Wildman–Crippen LogP) is 1.73. The number of benzene rings is 1. The highest BCUT2D eigenvalue weighted by Crippen LogP contribution is 2.10. The average Bonchev–Trinajstić information content (AvgIpc) is 2.49. The van der Waals surface area contributed by atoms with Gasteiger partial charge in [0.1, 0.15) is 6.54 Å². The topological polar surface area (TPSA) is 83.9 Å². The van der Waals surface area contributed by atoms with E-state index in [0.29, 0.717) is 12.0 Å². The van der Waals surface area contributed by atoms with Gasteiger partial charge >= 0.3 is 11.9 Å². The first kappa shape index (κ1) is 17.7. The van der Waals surface area contributed by atoms with Crippen molar-refractivity contribution in [2.24, 2.45) is 0 Å². The van der Waals surface area contributed by atoms with Crippen LogP contribution < -0.4 is 0 Å². The summed E-state index contributed by atoms with van der Waals surface area (Å²) in [5.41, 5.74) is 1.35. The number of methoxy groups -OCH3 is 1. The molecule has 0 fully saturated rings. The van der Waals surface area contributed by atoms with Crippen molar-refractivity contribution < 1.29 is 24.2 Å². The lowest BCUT2D eigenvalue weighted by molar-refractivity contribution is -0.145. The Balaban J connectivity index is 2.62. The maximum Gasteiger partial charge on any atom is 0.337 e. The lowest BCUT2D eigenvalue weighted by atomic mass is 10.1. The van der Waals surface area contributed by atoms with Crippen LogP contribution in [0.2, 0.25) is 0 Å². The number of hydrogen-bond donors (Lipinski definition) is 1. The van der Waals surface area contributed by atoms with Gasteiger partial charge in [0.25, 0.3) is 0 Å². The molecule has 0 bridgehead atoms. The van der Waals surface area contributed by atoms with Crippen molar-refractivity contribution in [1.82, 2.24) is 4.90 Å². The fraction of sp³-hybridized carbons (Fsp3) is 0.438. The normalized spacial score (nSPS) is 10.4. The summed E-state index contributed by atoms with van der Waals surface area (Å²) in [6.07, 6.45) is 0.714. The summed E-state index contributed by atoms with van der Waals surface area (Å²) in [5.74, 6) is -1.63. The first-order chi connectivity index (χ1) is 10.3. The Morgan fingerprint density at radius 3 is 2.23 bits per heavy atom. The van der Waals surface area contributed by atoms with E-state index in [0.717, 1.165) is 5.56 Å². The van der Waals surface area contributed by atoms with Crippen LogP contribution in [0.25, 0.3) is 0 Å². The van der Waals surface area contributed by atoms with Crippen molar-refractivity contribution in [1.29, 1.82) is 0 Å². The number of rotatable bonds is 7. The largest absolute Gasteiger partial charge is 0.480 e. The average molecular weight is 307 g/mol. The fourth-order valence-corrected chi connectivity index (χ4v) is 2.02. The standard InChI is InChI=1S/C16H21NO5/c1-11(2)17(10-15(19)20)14(18)9-6-12-4-7-13(8-5-12)16(21)22-3/h4-5,7-8,11H,6,9-10H2,1-3H3,(H,19,20). The summed E-state index contributed by atoms with van der Waals surface area (Å²) >= 11 is 0. The number of carbonyl (C=O) groups is 3. The number of carboxylic acids is 1. The molecular weight excluding hydrogens is 286 g/mol. The molecule has 1 N–H and O–H groups in total. The number of esters is 1. The van der Waals surface area contributed by atoms with E-state index in [1.165, 1.54) is 12.0 Å². The highest BCUT2D eigenvalue weighted by Gasteiger charge is 2.19. The molecule has 0 aliphatic rings. The van der Waals surface area contributed by atoms with Crippen LogP contribution in [0.5, 0.6) is 0 Å². The third-order valence-corrected chi connectivity index (χ3v) is 3.25. The molecule has 0 atom stereocenters. The molecule has 0 saturated carbocycles. The van der Waals surface area contributed by atoms with E-state index in [1.807, 2.05) is 0 Å². The van der Waals surface area contributed by atoms with Gasteiger partial charge in [-0.05, 0) is 38.0 Å². The van der Waals surface area contributed by atoms with Crippen molar-refractivity contribution in [3.05, 3.63) is 35.4 Å². The highest BCUT2D eigenvalue weighted by molar-refractivity contribution is 5.89. The molecule has 0 unspecified atom stereocenters. The number of aliphatic carboxylic acids is 1. The summed E-state index contributed by atoms with van der Waals surface area (Å²) in [6, 6.07) is 6.64. The van der Waals surface area contributed by atoms with Crippen LogP contribution in [0.3, 0.4) is 0 Å². The minimum atomic E-state index is -1.02. The minimum absolute atomic E-state index is 0.162. The van der Waals surface area contributed by atoms with E-state index in [4.69, 9.17) is 5.11 Å². The van der Waals surface area contributed by atoms with Crippen molar-refractivity contribution in [2.45, 2.75) is 32.7 Å². The lowest BCUT2D eigenvalue weighted by Gasteiger charge is -2.24. The minimum Gasteiger partial charge on any atom is -0.480 e. The van der Waals surface area contributed by atoms with E-state index in [2.05, 4.69) is 4.74 Å². The van der Waals surface area contributed by atoms with Gasteiger partial charge in [0.05, 0.1) is 12.7 Å². The highest BCUT2D eigenvalue weighted by atomic mass is 16.5. The Morgan fingerprint density at radius 2 is 1.77 bits per heavy atom. The van der Waals surface area contributed by atoms with Crippen LogP contribution in [0, 0.1) is 0 Å². The Labute approximate surface area is 129 Å². The lowest BCUT2D eigenvalue weighted by Crippen LogP contribution is -2.40. The van der Waals surface area contributed by atoms with Crippen LogP contribution >= 0.6 is 0 Å². The number of nitrogens with zero attached hydrogens (tertiary/aromatic N) is 1. The van der Waals surface area contributed by atoms with Crippen LogP contribution in [-0.4, -0.2) is 47.5 Å². The molecule has 0 aliphatic heterocycles. The van der Waals surface area contributed by atoms with Crippen molar-refractivity contribution >= 4 is 17.8 Å². The van der Waals surface area contributed by atoms with Gasteiger partial charge in [0, 0.05) is 12.5 Å². The molecule has 1 rings (SSSR count). The predicted molar refractivity (Wildman–Crippen MR) is 80.6 cm³/mol. The van der Waals surface area contributed by atoms with E-state index in [1.54, 1.807) is 38.1 Å². The van der Waals surface area contributed by atoms with Gasteiger partial charge in [0.2, 0.25) is 5.91 Å². The zero-order valence-electron chi connectivity index (χ0n) is 13.0. The Kier molecular flexibility index (Phi) is 6.56. The SMILES string of the molecule is COC(=O)c1ccc(CCC(=O)N(CC(=O)O)C(C)C)cc1. The van der Waals surface area contributed by atoms with Crippen LogP contribution in [0.1, 0.15) is 36.2 Å². The van der Waals surface area contributed by atoms with Gasteiger partial charge < -0.3 is 14.7 Å². The molecule has 0 aliphatic carbocycles. The third kappa shape index (κ3) is 5.20. The van der Waals surface area contributed by atoms with E-state index in [-0.39, 0.29) is 24.9 Å². The maximum atomic E-state index is 12.1. The molecule has 22 heavy (non-hydrogen) atoms. The first-order valence-corrected chi connectivity index (χ1v) is 7.03. The number of amides is 1. The molecule has 0 radical (unpaired) electrons. The Hall–Kier alpha value is -2.37. The molecule has 0 aromatic heterocycles. The zero-order chi connectivity index (χ0) is 16.7. The quantitative estimate of drug-likeness (QED) is 0.776. The fourth-order valence-electron chi connectivity index (χ4n) is 2.02. The monoisotopic (exact) mass is 307 g/mol. The van der Waals surface area contributed by atoms with Crippen LogP contribution in [0.4, 0.5) is 0 Å². The molecular formula is C16H21NO5. The van der Waals surface area contributed by atoms with Crippen molar-refractivity contribution in [3.8, 4) is 0 Å². The van der Waals surface area contributed by atoms with Crippen LogP contribution in [-0.2, 0) is 20.7 Å². The van der Waals surface area contributed by atoms with Crippen molar-refractivity contribution in [3.63, 3.8) is 0 Å². The number of hydrogen-bond acceptors (Lipinski definition) is 4. The Morgan fingerprint density at radius 1 is 1.18 bits per heavy atom. The summed E-state index contributed by atoms with van der Waals surface area (Å²) in [7, 11) is 1.32. The van der Waals surface area contributed by atoms with Crippen molar-refractivity contribution in [2.75, 3.05) is 13.7 Å². The molecule has 120 valence electrons. The second kappa shape index (κ2) is 8.17. The molecule has 1 aromatic rings. The summed E-state index contributed by atoms with van der Waals surface area (Å²) in [4.78, 5) is 35.5. The summed E-state index contributed by atoms with van der Waals surface area (Å²) < 4.78 is 4.61. The van der Waals surface area contributed by atoms with Gasteiger partial charge in [-0.25, -0.2) is 4.79 Å². The summed E-state index contributed by atoms with van der Waals surface area (Å²) in [5, 5.41) is 8.84. The second-order valence-corrected chi connectivity index (χ2v) is 5.20. The molecule has 6 nitrogen and oxygen atoms in total. The second-order valence-electron chi connectivity index (χ2n) is 5.20. The van der Waals surface area contributed by atoms with Gasteiger partial charge in [-0.2, -0.15) is 0 Å². The third-order valence-electron chi connectivity index (χ3n) is 3.25. The molecule has 1 aromatic carbocycles. The van der Waals surface area contributed by atoms with Gasteiger partial charge in [-0.3, -0.25) is 9.59 Å². The van der Waals surface area contributed by atoms with Gasteiger partial charge in [-0.15, -0.1) is 0 Å². The number of ether oxygens (including phenoxy) is 1. The van der Waals surface area contributed by atoms with Crippen LogP contribution in [0.15, 0.2) is 24.3 Å². The first-order valence-electron chi connectivity index (χ1n) is 7.03. The van der Waals surface area contributed by atoms with E-state index >= 15 is 0 Å². The van der Waals surface area contributed by atoms with E-state index < -0.39 is 11.9 Å². The smallest absolute Gasteiger partial charge is 0.337 e. The number of aryl methyl sites for hydroxylation is 1. The summed E-state index contributed by atoms with van der Waals surface area (Å²) in [6.45, 7) is 3.27. The van der Waals surface area contributed by atoms with E-state index in [9.17, 15) is 14.4 Å². The zero-order valence-corrected chi connectivity index (χ0v) is 13.0. The maximum absolute atomic E-state index is 12.1. The number of carbonyl (C=O) groups excluding carboxylic acids is 2. The molecule has 1 amide bonds. The molecule has 6 heteroatoms. The molecule has 0 heterocycles. The molecule has 0 saturated heterocycles. The number of carboxylic acid groups (broad SMARTS) is 1. The molecule has 0 spiro atoms. The Bertz CT molecular complexity index is 536. The van der Waals surface area contributed by atoms with Gasteiger partial charge in [0.15, 0.2) is 0 Å². The van der Waals surface area contributed by atoms with Gasteiger partial charge in [-0.1, -0.05) is 12.1 Å².